The molecule has 0 aromatic heterocycles. The van der Waals surface area contributed by atoms with Crippen LogP contribution in [0.15, 0.2) is 23.4 Å². The zero-order chi connectivity index (χ0) is 12.6. The molecule has 0 radical (unpaired) electrons. The first-order chi connectivity index (χ1) is 7.90. The molecule has 7 heteroatoms. The van der Waals surface area contributed by atoms with E-state index in [0.29, 0.717) is 0 Å². The number of hydrogen-bond acceptors (Lipinski definition) is 3. The van der Waals surface area contributed by atoms with Crippen molar-refractivity contribution >= 4 is 24.1 Å². The summed E-state index contributed by atoms with van der Waals surface area (Å²) in [6, 6.07) is 2.90. The van der Waals surface area contributed by atoms with Gasteiger partial charge in [0.25, 0.3) is 0 Å². The molecule has 1 aromatic rings. The smallest absolute Gasteiger partial charge is 0.351 e. The SMILES string of the molecule is CC1(C(=O)O)CC(c2cc(F)cc(F)c2)=NO1.Cl. The van der Waals surface area contributed by atoms with Gasteiger partial charge in [-0.1, -0.05) is 5.16 Å². The Morgan fingerprint density at radius 2 is 1.94 bits per heavy atom. The number of benzene rings is 1. The summed E-state index contributed by atoms with van der Waals surface area (Å²) in [6.45, 7) is 1.35. The highest BCUT2D eigenvalue weighted by Crippen LogP contribution is 2.27. The van der Waals surface area contributed by atoms with Gasteiger partial charge in [0, 0.05) is 18.1 Å². The molecule has 2 rings (SSSR count). The molecule has 98 valence electrons. The molecule has 1 atom stereocenters. The normalized spacial score (nSPS) is 21.8. The average Bonchev–Trinajstić information content (AvgIpc) is 2.61. The fraction of sp³-hybridized carbons (Fsp3) is 0.273. The summed E-state index contributed by atoms with van der Waals surface area (Å²) in [5.74, 6) is -2.66. The van der Waals surface area contributed by atoms with Crippen molar-refractivity contribution in [1.29, 1.82) is 0 Å². The molecule has 0 spiro atoms. The van der Waals surface area contributed by atoms with Crippen molar-refractivity contribution < 1.29 is 23.5 Å². The Labute approximate surface area is 108 Å². The van der Waals surface area contributed by atoms with E-state index in [1.54, 1.807) is 0 Å². The van der Waals surface area contributed by atoms with Crippen LogP contribution in [0.2, 0.25) is 0 Å². The maximum absolute atomic E-state index is 13.0. The van der Waals surface area contributed by atoms with Crippen LogP contribution >= 0.6 is 12.4 Å². The minimum absolute atomic E-state index is 0. The Bertz CT molecular complexity index is 501. The molecule has 0 saturated carbocycles. The van der Waals surface area contributed by atoms with E-state index in [1.807, 2.05) is 0 Å². The minimum Gasteiger partial charge on any atom is -0.478 e. The van der Waals surface area contributed by atoms with Crippen LogP contribution in [0.1, 0.15) is 18.9 Å². The van der Waals surface area contributed by atoms with Gasteiger partial charge in [0.2, 0.25) is 5.60 Å². The predicted molar refractivity (Wildman–Crippen MR) is 61.9 cm³/mol. The Morgan fingerprint density at radius 3 is 2.39 bits per heavy atom. The Kier molecular flexibility index (Phi) is 3.91. The van der Waals surface area contributed by atoms with Crippen LogP contribution in [-0.2, 0) is 9.63 Å². The molecule has 1 aliphatic heterocycles. The van der Waals surface area contributed by atoms with Gasteiger partial charge in [-0.25, -0.2) is 13.6 Å². The number of carboxylic acid groups (broad SMARTS) is 1. The molecule has 0 bridgehead atoms. The van der Waals surface area contributed by atoms with Gasteiger partial charge in [0.1, 0.15) is 11.6 Å². The van der Waals surface area contributed by atoms with E-state index in [9.17, 15) is 13.6 Å². The van der Waals surface area contributed by atoms with E-state index in [1.165, 1.54) is 6.92 Å². The third-order valence-electron chi connectivity index (χ3n) is 2.51. The van der Waals surface area contributed by atoms with Crippen LogP contribution in [-0.4, -0.2) is 22.4 Å². The second kappa shape index (κ2) is 4.89. The van der Waals surface area contributed by atoms with E-state index < -0.39 is 23.2 Å². The summed E-state index contributed by atoms with van der Waals surface area (Å²) in [6.07, 6.45) is -0.0365. The van der Waals surface area contributed by atoms with Crippen LogP contribution in [0.5, 0.6) is 0 Å². The number of carbonyl (C=O) groups is 1. The van der Waals surface area contributed by atoms with E-state index in [0.717, 1.165) is 18.2 Å². The topological polar surface area (TPSA) is 58.9 Å². The van der Waals surface area contributed by atoms with Gasteiger partial charge < -0.3 is 9.94 Å². The van der Waals surface area contributed by atoms with E-state index in [2.05, 4.69) is 5.16 Å². The van der Waals surface area contributed by atoms with Gasteiger partial charge in [-0.15, -0.1) is 12.4 Å². The highest BCUT2D eigenvalue weighted by atomic mass is 35.5. The van der Waals surface area contributed by atoms with Crippen molar-refractivity contribution in [1.82, 2.24) is 0 Å². The maximum atomic E-state index is 13.0. The van der Waals surface area contributed by atoms with E-state index in [-0.39, 0.29) is 30.1 Å². The van der Waals surface area contributed by atoms with Crippen molar-refractivity contribution in [2.24, 2.45) is 5.16 Å². The molecule has 1 N–H and O–H groups in total. The molecule has 1 unspecified atom stereocenters. The molecular formula is C11H10ClF2NO3. The van der Waals surface area contributed by atoms with Gasteiger partial charge in [0.15, 0.2) is 0 Å². The number of halogens is 3. The fourth-order valence-electron chi connectivity index (χ4n) is 1.53. The first-order valence-electron chi connectivity index (χ1n) is 4.86. The lowest BCUT2D eigenvalue weighted by Crippen LogP contribution is -2.35. The third kappa shape index (κ3) is 2.59. The van der Waals surface area contributed by atoms with Crippen molar-refractivity contribution in [3.8, 4) is 0 Å². The number of carboxylic acids is 1. The van der Waals surface area contributed by atoms with Crippen molar-refractivity contribution in [2.45, 2.75) is 18.9 Å². The summed E-state index contributed by atoms with van der Waals surface area (Å²) in [5.41, 5.74) is -1.07. The number of rotatable bonds is 2. The lowest BCUT2D eigenvalue weighted by molar-refractivity contribution is -0.160. The molecular weight excluding hydrogens is 268 g/mol. The second-order valence-corrected chi connectivity index (χ2v) is 4.00. The van der Waals surface area contributed by atoms with Gasteiger partial charge in [0.05, 0.1) is 5.71 Å². The molecule has 0 saturated heterocycles. The van der Waals surface area contributed by atoms with Crippen molar-refractivity contribution in [3.63, 3.8) is 0 Å². The number of aliphatic carboxylic acids is 1. The first-order valence-corrected chi connectivity index (χ1v) is 4.86. The van der Waals surface area contributed by atoms with Gasteiger partial charge in [-0.2, -0.15) is 0 Å². The van der Waals surface area contributed by atoms with Crippen molar-refractivity contribution in [3.05, 3.63) is 35.4 Å². The van der Waals surface area contributed by atoms with Crippen LogP contribution in [0, 0.1) is 11.6 Å². The quantitative estimate of drug-likeness (QED) is 0.903. The summed E-state index contributed by atoms with van der Waals surface area (Å²) >= 11 is 0. The molecule has 18 heavy (non-hydrogen) atoms. The Balaban J connectivity index is 0.00000162. The van der Waals surface area contributed by atoms with Gasteiger partial charge in [-0.05, 0) is 19.1 Å². The standard InChI is InChI=1S/C11H9F2NO3.ClH/c1-11(10(15)16)5-9(14-17-11)6-2-7(12)4-8(13)3-6;/h2-4H,5H2,1H3,(H,15,16);1H. The van der Waals surface area contributed by atoms with Crippen LogP contribution < -0.4 is 0 Å². The van der Waals surface area contributed by atoms with Gasteiger partial charge >= 0.3 is 5.97 Å². The molecule has 0 aliphatic carbocycles. The zero-order valence-electron chi connectivity index (χ0n) is 9.31. The molecule has 0 fully saturated rings. The Hall–Kier alpha value is -1.69. The predicted octanol–water partition coefficient (Wildman–Crippen LogP) is 2.35. The summed E-state index contributed by atoms with van der Waals surface area (Å²) in [7, 11) is 0. The van der Waals surface area contributed by atoms with Crippen LogP contribution in [0.4, 0.5) is 8.78 Å². The van der Waals surface area contributed by atoms with Gasteiger partial charge in [-0.3, -0.25) is 0 Å². The minimum atomic E-state index is -1.47. The van der Waals surface area contributed by atoms with E-state index >= 15 is 0 Å². The summed E-state index contributed by atoms with van der Waals surface area (Å²) < 4.78 is 26.0. The van der Waals surface area contributed by atoms with Crippen LogP contribution in [0.3, 0.4) is 0 Å². The monoisotopic (exact) mass is 277 g/mol. The highest BCUT2D eigenvalue weighted by Gasteiger charge is 2.42. The molecule has 0 amide bonds. The lowest BCUT2D eigenvalue weighted by Gasteiger charge is -2.14. The second-order valence-electron chi connectivity index (χ2n) is 4.00. The lowest BCUT2D eigenvalue weighted by atomic mass is 9.96. The number of nitrogens with zero attached hydrogens (tertiary/aromatic N) is 1. The Morgan fingerprint density at radius 1 is 1.39 bits per heavy atom. The third-order valence-corrected chi connectivity index (χ3v) is 2.51. The number of hydrogen-bond donors (Lipinski definition) is 1. The number of oxime groups is 1. The first kappa shape index (κ1) is 14.4. The molecule has 4 nitrogen and oxygen atoms in total. The maximum Gasteiger partial charge on any atom is 0.351 e. The summed E-state index contributed by atoms with van der Waals surface area (Å²) in [5, 5.41) is 12.5. The van der Waals surface area contributed by atoms with Crippen LogP contribution in [0.25, 0.3) is 0 Å². The molecule has 1 heterocycles. The highest BCUT2D eigenvalue weighted by molar-refractivity contribution is 6.04. The average molecular weight is 278 g/mol. The molecule has 1 aromatic carbocycles. The summed E-state index contributed by atoms with van der Waals surface area (Å²) in [4.78, 5) is 15.7. The largest absolute Gasteiger partial charge is 0.478 e. The fourth-order valence-corrected chi connectivity index (χ4v) is 1.53. The van der Waals surface area contributed by atoms with E-state index in [4.69, 9.17) is 9.94 Å². The zero-order valence-corrected chi connectivity index (χ0v) is 10.1. The van der Waals surface area contributed by atoms with Crippen molar-refractivity contribution in [2.75, 3.05) is 0 Å². The molecule has 1 aliphatic rings.